The number of carbonyl (C=O) groups excluding carboxylic acids is 1. The zero-order chi connectivity index (χ0) is 13.7. The highest BCUT2D eigenvalue weighted by Crippen LogP contribution is 2.20. The van der Waals surface area contributed by atoms with E-state index >= 15 is 0 Å². The molecule has 0 saturated carbocycles. The second-order valence-corrected chi connectivity index (χ2v) is 4.04. The highest BCUT2D eigenvalue weighted by molar-refractivity contribution is 6.33. The first kappa shape index (κ1) is 14.3. The summed E-state index contributed by atoms with van der Waals surface area (Å²) in [6.45, 7) is 1.27. The van der Waals surface area contributed by atoms with Gasteiger partial charge in [0.2, 0.25) is 0 Å². The number of carboxylic acids is 1. The monoisotopic (exact) mass is 272 g/mol. The molecule has 6 nitrogen and oxygen atoms in total. The molecule has 0 aliphatic carbocycles. The van der Waals surface area contributed by atoms with Gasteiger partial charge in [0.15, 0.2) is 6.04 Å². The summed E-state index contributed by atoms with van der Waals surface area (Å²) in [6.07, 6.45) is -1.21. The third-order valence-corrected chi connectivity index (χ3v) is 2.49. The largest absolute Gasteiger partial charge is 0.480 e. The topological polar surface area (TPSA) is 98.7 Å². The summed E-state index contributed by atoms with van der Waals surface area (Å²) in [7, 11) is 0. The molecule has 0 aliphatic heterocycles. The minimum atomic E-state index is -1.38. The molecule has 1 aromatic rings. The molecule has 0 aliphatic rings. The summed E-state index contributed by atoms with van der Waals surface area (Å²) in [5, 5.41) is 22.8. The normalized spacial score (nSPS) is 13.5. The van der Waals surface area contributed by atoms with E-state index in [0.29, 0.717) is 10.7 Å². The lowest BCUT2D eigenvalue weighted by Gasteiger charge is -2.17. The Bertz CT molecular complexity index is 450. The van der Waals surface area contributed by atoms with Crippen molar-refractivity contribution in [2.24, 2.45) is 0 Å². The number of carbonyl (C=O) groups is 2. The number of aliphatic hydroxyl groups is 1. The summed E-state index contributed by atoms with van der Waals surface area (Å²) in [4.78, 5) is 22.3. The molecule has 98 valence electrons. The van der Waals surface area contributed by atoms with Crippen molar-refractivity contribution in [3.8, 4) is 0 Å². The number of halogens is 1. The van der Waals surface area contributed by atoms with Crippen LogP contribution in [0.3, 0.4) is 0 Å². The molecule has 0 bridgehead atoms. The number of carboxylic acid groups (broad SMARTS) is 1. The van der Waals surface area contributed by atoms with Crippen molar-refractivity contribution < 1.29 is 19.8 Å². The number of aliphatic carboxylic acids is 1. The average molecular weight is 273 g/mol. The molecule has 0 saturated heterocycles. The molecule has 2 amide bonds. The van der Waals surface area contributed by atoms with Gasteiger partial charge in [-0.25, -0.2) is 9.59 Å². The fraction of sp³-hybridized carbons (Fsp3) is 0.273. The van der Waals surface area contributed by atoms with Gasteiger partial charge in [0, 0.05) is 0 Å². The van der Waals surface area contributed by atoms with Gasteiger partial charge in [-0.15, -0.1) is 0 Å². The Morgan fingerprint density at radius 1 is 1.33 bits per heavy atom. The minimum Gasteiger partial charge on any atom is -0.480 e. The number of benzene rings is 1. The van der Waals surface area contributed by atoms with Crippen LogP contribution in [0.5, 0.6) is 0 Å². The van der Waals surface area contributed by atoms with Crippen LogP contribution < -0.4 is 10.6 Å². The number of aliphatic hydroxyl groups excluding tert-OH is 1. The van der Waals surface area contributed by atoms with E-state index in [9.17, 15) is 14.7 Å². The van der Waals surface area contributed by atoms with Gasteiger partial charge in [-0.3, -0.25) is 0 Å². The average Bonchev–Trinajstić information content (AvgIpc) is 2.28. The molecule has 0 spiro atoms. The van der Waals surface area contributed by atoms with Gasteiger partial charge in [-0.1, -0.05) is 23.7 Å². The van der Waals surface area contributed by atoms with Crippen molar-refractivity contribution in [3.63, 3.8) is 0 Å². The first-order valence-electron chi connectivity index (χ1n) is 5.14. The van der Waals surface area contributed by atoms with Crippen LogP contribution in [0.25, 0.3) is 0 Å². The van der Waals surface area contributed by atoms with Gasteiger partial charge in [-0.2, -0.15) is 0 Å². The molecule has 1 rings (SSSR count). The van der Waals surface area contributed by atoms with E-state index in [-0.39, 0.29) is 0 Å². The van der Waals surface area contributed by atoms with Crippen LogP contribution in [0.2, 0.25) is 5.02 Å². The van der Waals surface area contributed by atoms with Crippen molar-refractivity contribution in [2.45, 2.75) is 19.1 Å². The molecule has 0 fully saturated rings. The molecule has 7 heteroatoms. The number of para-hydroxylation sites is 1. The van der Waals surface area contributed by atoms with Gasteiger partial charge in [0.25, 0.3) is 0 Å². The molecule has 18 heavy (non-hydrogen) atoms. The Morgan fingerprint density at radius 3 is 2.44 bits per heavy atom. The van der Waals surface area contributed by atoms with E-state index in [4.69, 9.17) is 16.7 Å². The molecule has 0 radical (unpaired) electrons. The summed E-state index contributed by atoms with van der Waals surface area (Å²) >= 11 is 5.82. The van der Waals surface area contributed by atoms with E-state index in [1.165, 1.54) is 6.92 Å². The van der Waals surface area contributed by atoms with Crippen molar-refractivity contribution in [3.05, 3.63) is 29.3 Å². The Hall–Kier alpha value is -1.79. The summed E-state index contributed by atoms with van der Waals surface area (Å²) in [5.41, 5.74) is 0.353. The SMILES string of the molecule is C[C@@H](O)[C@H](NC(=O)Nc1ccccc1Cl)C(=O)O. The lowest BCUT2D eigenvalue weighted by atomic mass is 10.2. The van der Waals surface area contributed by atoms with Gasteiger partial charge < -0.3 is 20.8 Å². The Balaban J connectivity index is 2.67. The van der Waals surface area contributed by atoms with Gasteiger partial charge in [-0.05, 0) is 19.1 Å². The third-order valence-electron chi connectivity index (χ3n) is 2.16. The zero-order valence-electron chi connectivity index (χ0n) is 9.55. The lowest BCUT2D eigenvalue weighted by Crippen LogP contribution is -2.49. The lowest BCUT2D eigenvalue weighted by molar-refractivity contribution is -0.141. The number of anilines is 1. The molecule has 0 heterocycles. The Labute approximate surface area is 109 Å². The Kier molecular flexibility index (Phi) is 4.94. The van der Waals surface area contributed by atoms with Crippen LogP contribution in [0.4, 0.5) is 10.5 Å². The molecule has 0 unspecified atom stereocenters. The quantitative estimate of drug-likeness (QED) is 0.664. The van der Waals surface area contributed by atoms with Crippen LogP contribution in [0.1, 0.15) is 6.92 Å². The van der Waals surface area contributed by atoms with Gasteiger partial charge in [0.05, 0.1) is 16.8 Å². The maximum absolute atomic E-state index is 11.5. The van der Waals surface area contributed by atoms with Crippen LogP contribution in [-0.4, -0.2) is 34.4 Å². The maximum Gasteiger partial charge on any atom is 0.328 e. The maximum atomic E-state index is 11.5. The number of nitrogens with one attached hydrogen (secondary N) is 2. The van der Waals surface area contributed by atoms with Gasteiger partial charge >= 0.3 is 12.0 Å². The molecule has 2 atom stereocenters. The molecular formula is C11H13ClN2O4. The summed E-state index contributed by atoms with van der Waals surface area (Å²) in [5.74, 6) is -1.32. The summed E-state index contributed by atoms with van der Waals surface area (Å²) in [6, 6.07) is 4.39. The summed E-state index contributed by atoms with van der Waals surface area (Å²) < 4.78 is 0. The van der Waals surface area contributed by atoms with Crippen molar-refractivity contribution in [1.82, 2.24) is 5.32 Å². The van der Waals surface area contributed by atoms with Crippen molar-refractivity contribution in [1.29, 1.82) is 0 Å². The van der Waals surface area contributed by atoms with E-state index in [1.54, 1.807) is 24.3 Å². The van der Waals surface area contributed by atoms with Crippen LogP contribution >= 0.6 is 11.6 Å². The predicted molar refractivity (Wildman–Crippen MR) is 66.7 cm³/mol. The number of hydrogen-bond donors (Lipinski definition) is 4. The first-order chi connectivity index (χ1) is 8.41. The second-order valence-electron chi connectivity index (χ2n) is 3.63. The third kappa shape index (κ3) is 3.90. The van der Waals surface area contributed by atoms with E-state index < -0.39 is 24.1 Å². The fourth-order valence-electron chi connectivity index (χ4n) is 1.25. The van der Waals surface area contributed by atoms with E-state index in [0.717, 1.165) is 0 Å². The van der Waals surface area contributed by atoms with Crippen LogP contribution in [0.15, 0.2) is 24.3 Å². The number of urea groups is 1. The minimum absolute atomic E-state index is 0.330. The second kappa shape index (κ2) is 6.23. The molecule has 1 aromatic carbocycles. The highest BCUT2D eigenvalue weighted by atomic mass is 35.5. The molecule has 0 aromatic heterocycles. The first-order valence-corrected chi connectivity index (χ1v) is 5.52. The number of amides is 2. The van der Waals surface area contributed by atoms with Crippen molar-refractivity contribution in [2.75, 3.05) is 5.32 Å². The standard InChI is InChI=1S/C11H13ClN2O4/c1-6(15)9(10(16)17)14-11(18)13-8-5-3-2-4-7(8)12/h2-6,9,15H,1H3,(H,16,17)(H2,13,14,18)/t6-,9+/m1/s1. The predicted octanol–water partition coefficient (Wildman–Crippen LogP) is 1.30. The highest BCUT2D eigenvalue weighted by Gasteiger charge is 2.25. The molecular weight excluding hydrogens is 260 g/mol. The number of hydrogen-bond acceptors (Lipinski definition) is 3. The van der Waals surface area contributed by atoms with Crippen LogP contribution in [-0.2, 0) is 4.79 Å². The number of rotatable bonds is 4. The fourth-order valence-corrected chi connectivity index (χ4v) is 1.43. The van der Waals surface area contributed by atoms with Crippen LogP contribution in [0, 0.1) is 0 Å². The van der Waals surface area contributed by atoms with Gasteiger partial charge in [0.1, 0.15) is 0 Å². The van der Waals surface area contributed by atoms with Crippen molar-refractivity contribution >= 4 is 29.3 Å². The Morgan fingerprint density at radius 2 is 1.94 bits per heavy atom. The zero-order valence-corrected chi connectivity index (χ0v) is 10.3. The molecule has 4 N–H and O–H groups in total. The van der Waals surface area contributed by atoms with E-state index in [1.807, 2.05) is 0 Å². The van der Waals surface area contributed by atoms with E-state index in [2.05, 4.69) is 10.6 Å². The smallest absolute Gasteiger partial charge is 0.328 e.